The number of aromatic nitrogens is 2. The van der Waals surface area contributed by atoms with Gasteiger partial charge in [0.25, 0.3) is 0 Å². The molecule has 2 aliphatic rings. The van der Waals surface area contributed by atoms with Crippen molar-refractivity contribution in [3.05, 3.63) is 18.2 Å². The molecule has 0 radical (unpaired) electrons. The summed E-state index contributed by atoms with van der Waals surface area (Å²) < 4.78 is 7.69. The maximum Gasteiger partial charge on any atom is 0.249 e. The van der Waals surface area contributed by atoms with Crippen LogP contribution in [0.1, 0.15) is 31.5 Å². The molecule has 5 nitrogen and oxygen atoms in total. The Morgan fingerprint density at radius 1 is 1.47 bits per heavy atom. The number of amides is 1. The highest BCUT2D eigenvalue weighted by Crippen LogP contribution is 2.18. The van der Waals surface area contributed by atoms with Gasteiger partial charge in [-0.15, -0.1) is 0 Å². The Morgan fingerprint density at radius 3 is 3.26 bits per heavy atom. The number of carbonyl (C=O) groups excluding carboxylic acids is 1. The van der Waals surface area contributed by atoms with Crippen molar-refractivity contribution in [3.8, 4) is 0 Å². The molecular formula is C14H21N3O2. The van der Waals surface area contributed by atoms with Gasteiger partial charge in [-0.1, -0.05) is 0 Å². The molecule has 104 valence electrons. The first kappa shape index (κ1) is 12.7. The molecule has 0 spiro atoms. The zero-order valence-electron chi connectivity index (χ0n) is 11.2. The Bertz CT molecular complexity index is 438. The normalized spacial score (nSPS) is 26.7. The van der Waals surface area contributed by atoms with Gasteiger partial charge in [0.1, 0.15) is 11.9 Å². The van der Waals surface area contributed by atoms with Crippen LogP contribution in [0.2, 0.25) is 0 Å². The van der Waals surface area contributed by atoms with E-state index >= 15 is 0 Å². The molecule has 19 heavy (non-hydrogen) atoms. The van der Waals surface area contributed by atoms with Gasteiger partial charge in [-0.25, -0.2) is 4.98 Å². The van der Waals surface area contributed by atoms with Crippen LogP contribution in [0.3, 0.4) is 0 Å². The number of rotatable bonds is 3. The van der Waals surface area contributed by atoms with Crippen molar-refractivity contribution in [3.63, 3.8) is 0 Å². The van der Waals surface area contributed by atoms with E-state index in [0.29, 0.717) is 5.92 Å². The van der Waals surface area contributed by atoms with E-state index in [0.717, 1.165) is 57.6 Å². The molecule has 0 aliphatic carbocycles. The molecule has 1 aromatic heterocycles. The zero-order valence-corrected chi connectivity index (χ0v) is 11.2. The van der Waals surface area contributed by atoms with Crippen LogP contribution < -0.4 is 5.32 Å². The number of ether oxygens (including phenoxy) is 1. The highest BCUT2D eigenvalue weighted by atomic mass is 16.5. The second kappa shape index (κ2) is 5.74. The van der Waals surface area contributed by atoms with E-state index in [-0.39, 0.29) is 12.0 Å². The minimum atomic E-state index is -0.221. The lowest BCUT2D eigenvalue weighted by Crippen LogP contribution is -2.41. The number of hydrogen-bond donors (Lipinski definition) is 1. The highest BCUT2D eigenvalue weighted by Gasteiger charge is 2.24. The lowest BCUT2D eigenvalue weighted by atomic mass is 9.99. The van der Waals surface area contributed by atoms with Crippen molar-refractivity contribution < 1.29 is 9.53 Å². The summed E-state index contributed by atoms with van der Waals surface area (Å²) in [6.45, 7) is 2.43. The Balaban J connectivity index is 1.46. The quantitative estimate of drug-likeness (QED) is 0.889. The lowest BCUT2D eigenvalue weighted by Gasteiger charge is -2.26. The van der Waals surface area contributed by atoms with Crippen molar-refractivity contribution in [1.29, 1.82) is 0 Å². The average Bonchev–Trinajstić information content (AvgIpc) is 2.93. The summed E-state index contributed by atoms with van der Waals surface area (Å²) in [5.74, 6) is 1.74. The molecule has 0 unspecified atom stereocenters. The van der Waals surface area contributed by atoms with Crippen LogP contribution in [0.25, 0.3) is 0 Å². The number of nitrogens with zero attached hydrogens (tertiary/aromatic N) is 2. The molecule has 1 fully saturated rings. The summed E-state index contributed by atoms with van der Waals surface area (Å²) in [4.78, 5) is 16.3. The van der Waals surface area contributed by atoms with Crippen LogP contribution in [0.15, 0.2) is 12.4 Å². The van der Waals surface area contributed by atoms with E-state index in [1.807, 2.05) is 12.4 Å². The van der Waals surface area contributed by atoms with E-state index < -0.39 is 0 Å². The maximum absolute atomic E-state index is 12.0. The third-order valence-electron chi connectivity index (χ3n) is 4.07. The number of imidazole rings is 1. The molecule has 0 aromatic carbocycles. The first-order valence-electron chi connectivity index (χ1n) is 7.22. The molecule has 1 N–H and O–H groups in total. The minimum absolute atomic E-state index is 0.0659. The molecule has 1 aromatic rings. The molecule has 0 bridgehead atoms. The van der Waals surface area contributed by atoms with Gasteiger partial charge in [-0.3, -0.25) is 4.79 Å². The Morgan fingerprint density at radius 2 is 2.42 bits per heavy atom. The molecule has 5 heteroatoms. The van der Waals surface area contributed by atoms with Gasteiger partial charge in [-0.05, 0) is 31.6 Å². The van der Waals surface area contributed by atoms with E-state index in [1.54, 1.807) is 0 Å². The van der Waals surface area contributed by atoms with Crippen molar-refractivity contribution in [2.24, 2.45) is 5.92 Å². The maximum atomic E-state index is 12.0. The molecule has 0 saturated carbocycles. The second-order valence-corrected chi connectivity index (χ2v) is 5.50. The number of fused-ring (bicyclic) bond motifs is 1. The summed E-state index contributed by atoms with van der Waals surface area (Å²) in [6, 6.07) is 0. The van der Waals surface area contributed by atoms with Crippen LogP contribution in [-0.4, -0.2) is 34.7 Å². The molecule has 2 aliphatic heterocycles. The van der Waals surface area contributed by atoms with Gasteiger partial charge in [0, 0.05) is 38.5 Å². The van der Waals surface area contributed by atoms with Crippen LogP contribution in [0, 0.1) is 5.92 Å². The van der Waals surface area contributed by atoms with Gasteiger partial charge in [0.2, 0.25) is 5.91 Å². The SMILES string of the molecule is O=C(NC[C@H]1CCc2nccn2C1)[C@@H]1CCCCO1. The Hall–Kier alpha value is -1.36. The summed E-state index contributed by atoms with van der Waals surface area (Å²) in [5.41, 5.74) is 0. The summed E-state index contributed by atoms with van der Waals surface area (Å²) in [6.07, 6.45) is 8.80. The van der Waals surface area contributed by atoms with E-state index in [4.69, 9.17) is 4.74 Å². The third kappa shape index (κ3) is 2.97. The van der Waals surface area contributed by atoms with Crippen LogP contribution in [0.4, 0.5) is 0 Å². The number of aryl methyl sites for hydroxylation is 1. The first-order valence-corrected chi connectivity index (χ1v) is 7.22. The molecule has 1 amide bonds. The fourth-order valence-corrected chi connectivity index (χ4v) is 2.91. The van der Waals surface area contributed by atoms with Crippen molar-refractivity contribution in [1.82, 2.24) is 14.9 Å². The second-order valence-electron chi connectivity index (χ2n) is 5.50. The van der Waals surface area contributed by atoms with Gasteiger partial charge >= 0.3 is 0 Å². The monoisotopic (exact) mass is 263 g/mol. The third-order valence-corrected chi connectivity index (χ3v) is 4.07. The van der Waals surface area contributed by atoms with Gasteiger partial charge < -0.3 is 14.6 Å². The fraction of sp³-hybridized carbons (Fsp3) is 0.714. The molecular weight excluding hydrogens is 242 g/mol. The van der Waals surface area contributed by atoms with Crippen molar-refractivity contribution in [2.45, 2.75) is 44.8 Å². The topological polar surface area (TPSA) is 56.2 Å². The van der Waals surface area contributed by atoms with E-state index in [1.165, 1.54) is 0 Å². The molecule has 2 atom stereocenters. The van der Waals surface area contributed by atoms with Crippen LogP contribution in [0.5, 0.6) is 0 Å². The Labute approximate surface area is 113 Å². The molecule has 1 saturated heterocycles. The minimum Gasteiger partial charge on any atom is -0.368 e. The standard InChI is InChI=1S/C14H21N3O2/c18-14(12-3-1-2-8-19-12)16-9-11-4-5-13-15-6-7-17(13)10-11/h6-7,11-12H,1-5,8-10H2,(H,16,18)/t11-,12+/m1/s1. The predicted octanol–water partition coefficient (Wildman–Crippen LogP) is 1.13. The van der Waals surface area contributed by atoms with E-state index in [9.17, 15) is 4.79 Å². The van der Waals surface area contributed by atoms with Crippen LogP contribution in [-0.2, 0) is 22.5 Å². The summed E-state index contributed by atoms with van der Waals surface area (Å²) >= 11 is 0. The Kier molecular flexibility index (Phi) is 3.82. The first-order chi connectivity index (χ1) is 9.33. The highest BCUT2D eigenvalue weighted by molar-refractivity contribution is 5.80. The average molecular weight is 263 g/mol. The van der Waals surface area contributed by atoms with Crippen molar-refractivity contribution >= 4 is 5.91 Å². The smallest absolute Gasteiger partial charge is 0.249 e. The lowest BCUT2D eigenvalue weighted by molar-refractivity contribution is -0.135. The van der Waals surface area contributed by atoms with Gasteiger partial charge in [0.05, 0.1) is 0 Å². The number of carbonyl (C=O) groups is 1. The summed E-state index contributed by atoms with van der Waals surface area (Å²) in [7, 11) is 0. The van der Waals surface area contributed by atoms with E-state index in [2.05, 4.69) is 14.9 Å². The summed E-state index contributed by atoms with van der Waals surface area (Å²) in [5, 5.41) is 3.05. The van der Waals surface area contributed by atoms with Crippen molar-refractivity contribution in [2.75, 3.05) is 13.2 Å². The number of nitrogens with one attached hydrogen (secondary N) is 1. The number of hydrogen-bond acceptors (Lipinski definition) is 3. The van der Waals surface area contributed by atoms with Gasteiger partial charge in [0.15, 0.2) is 0 Å². The molecule has 3 rings (SSSR count). The van der Waals surface area contributed by atoms with Gasteiger partial charge in [-0.2, -0.15) is 0 Å². The van der Waals surface area contributed by atoms with Crippen LogP contribution >= 0.6 is 0 Å². The molecule has 3 heterocycles. The predicted molar refractivity (Wildman–Crippen MR) is 70.6 cm³/mol. The zero-order chi connectivity index (χ0) is 13.1. The largest absolute Gasteiger partial charge is 0.368 e. The fourth-order valence-electron chi connectivity index (χ4n) is 2.91.